The first-order valence-electron chi connectivity index (χ1n) is 3.03. The summed E-state index contributed by atoms with van der Waals surface area (Å²) in [5, 5.41) is 8.35. The molecule has 0 aliphatic heterocycles. The Balaban J connectivity index is 2.40. The van der Waals surface area contributed by atoms with Crippen molar-refractivity contribution in [1.82, 2.24) is 9.97 Å². The molecular formula is C6H9N3O. The Kier molecular flexibility index (Phi) is 2.63. The summed E-state index contributed by atoms with van der Waals surface area (Å²) in [4.78, 5) is 10.6. The van der Waals surface area contributed by atoms with Crippen molar-refractivity contribution in [3.63, 3.8) is 0 Å². The van der Waals surface area contributed by atoms with Gasteiger partial charge in [-0.1, -0.05) is 0 Å². The zero-order chi connectivity index (χ0) is 7.23. The molecular weight excluding hydrogens is 130 g/mol. The van der Waals surface area contributed by atoms with Crippen LogP contribution < -0.4 is 0 Å². The highest BCUT2D eigenvalue weighted by Gasteiger charge is 1.84. The number of H-pyrrole nitrogens is 1. The molecule has 0 amide bonds. The van der Waals surface area contributed by atoms with Crippen LogP contribution in [0, 0.1) is 0 Å². The summed E-state index contributed by atoms with van der Waals surface area (Å²) in [7, 11) is 0. The van der Waals surface area contributed by atoms with Crippen molar-refractivity contribution in [3.05, 3.63) is 18.2 Å². The number of aromatic amines is 1. The van der Waals surface area contributed by atoms with Crippen molar-refractivity contribution in [2.45, 2.75) is 0 Å². The van der Waals surface area contributed by atoms with Crippen LogP contribution in [0.3, 0.4) is 0 Å². The van der Waals surface area contributed by atoms with E-state index in [4.69, 9.17) is 5.11 Å². The van der Waals surface area contributed by atoms with E-state index in [2.05, 4.69) is 15.0 Å². The molecule has 0 aliphatic rings. The van der Waals surface area contributed by atoms with Gasteiger partial charge in [-0.25, -0.2) is 4.98 Å². The molecule has 1 aromatic rings. The lowest BCUT2D eigenvalue weighted by Gasteiger charge is -1.83. The molecule has 1 heterocycles. The number of imidazole rings is 1. The number of aromatic nitrogens is 2. The number of nitrogens with one attached hydrogen (secondary N) is 1. The van der Waals surface area contributed by atoms with E-state index >= 15 is 0 Å². The second kappa shape index (κ2) is 3.79. The fraction of sp³-hybridized carbons (Fsp3) is 0.333. The van der Waals surface area contributed by atoms with Crippen LogP contribution in [0.2, 0.25) is 0 Å². The minimum Gasteiger partial charge on any atom is -0.394 e. The predicted octanol–water partition coefficient (Wildman–Crippen LogP) is -0.179. The van der Waals surface area contributed by atoms with Gasteiger partial charge in [0.15, 0.2) is 0 Å². The van der Waals surface area contributed by atoms with Crippen LogP contribution in [0.15, 0.2) is 17.4 Å². The second-order valence-corrected chi connectivity index (χ2v) is 1.73. The van der Waals surface area contributed by atoms with E-state index in [0.717, 1.165) is 0 Å². The van der Waals surface area contributed by atoms with E-state index in [1.807, 2.05) is 0 Å². The number of aliphatic imine (C=N–C) groups is 1. The molecule has 0 radical (unpaired) electrons. The average Bonchev–Trinajstić information content (AvgIpc) is 2.41. The average molecular weight is 139 g/mol. The van der Waals surface area contributed by atoms with Gasteiger partial charge in [-0.15, -0.1) is 0 Å². The molecule has 4 nitrogen and oxygen atoms in total. The van der Waals surface area contributed by atoms with Crippen LogP contribution >= 0.6 is 0 Å². The molecule has 1 rings (SSSR count). The van der Waals surface area contributed by atoms with Crippen LogP contribution in [0.1, 0.15) is 5.82 Å². The second-order valence-electron chi connectivity index (χ2n) is 1.73. The first kappa shape index (κ1) is 6.95. The van der Waals surface area contributed by atoms with Gasteiger partial charge in [0.05, 0.1) is 19.4 Å². The third-order valence-corrected chi connectivity index (χ3v) is 0.962. The molecule has 10 heavy (non-hydrogen) atoms. The molecule has 0 spiro atoms. The highest BCUT2D eigenvalue weighted by Crippen LogP contribution is 1.81. The van der Waals surface area contributed by atoms with Gasteiger partial charge in [0.2, 0.25) is 0 Å². The van der Waals surface area contributed by atoms with Crippen molar-refractivity contribution < 1.29 is 5.11 Å². The van der Waals surface area contributed by atoms with E-state index in [1.54, 1.807) is 18.6 Å². The SMILES string of the molecule is OCCN=Cc1ncc[nH]1. The summed E-state index contributed by atoms with van der Waals surface area (Å²) >= 11 is 0. The van der Waals surface area contributed by atoms with Crippen LogP contribution in [0.25, 0.3) is 0 Å². The third kappa shape index (κ3) is 1.99. The van der Waals surface area contributed by atoms with Crippen LogP contribution in [-0.4, -0.2) is 34.4 Å². The smallest absolute Gasteiger partial charge is 0.147 e. The normalized spacial score (nSPS) is 10.9. The Labute approximate surface area is 58.6 Å². The van der Waals surface area contributed by atoms with Crippen LogP contribution in [0.5, 0.6) is 0 Å². The summed E-state index contributed by atoms with van der Waals surface area (Å²) in [6.45, 7) is 0.512. The van der Waals surface area contributed by atoms with Gasteiger partial charge in [0.25, 0.3) is 0 Å². The largest absolute Gasteiger partial charge is 0.394 e. The van der Waals surface area contributed by atoms with Gasteiger partial charge < -0.3 is 10.1 Å². The highest BCUT2D eigenvalue weighted by molar-refractivity contribution is 5.74. The van der Waals surface area contributed by atoms with E-state index in [0.29, 0.717) is 12.4 Å². The van der Waals surface area contributed by atoms with Crippen molar-refractivity contribution in [1.29, 1.82) is 0 Å². The molecule has 2 N–H and O–H groups in total. The van der Waals surface area contributed by atoms with Crippen LogP contribution in [-0.2, 0) is 0 Å². The minimum atomic E-state index is 0.0806. The number of hydrogen-bond donors (Lipinski definition) is 2. The Morgan fingerprint density at radius 1 is 1.80 bits per heavy atom. The lowest BCUT2D eigenvalue weighted by Crippen LogP contribution is -1.90. The standard InChI is InChI=1S/C6H9N3O/c10-4-3-7-5-6-8-1-2-9-6/h1-2,5,10H,3-4H2,(H,8,9). The molecule has 0 unspecified atom stereocenters. The Hall–Kier alpha value is -1.16. The lowest BCUT2D eigenvalue weighted by atomic mass is 10.6. The number of aliphatic hydroxyl groups excluding tert-OH is 1. The van der Waals surface area contributed by atoms with Gasteiger partial charge in [0.1, 0.15) is 5.82 Å². The van der Waals surface area contributed by atoms with E-state index in [9.17, 15) is 0 Å². The van der Waals surface area contributed by atoms with Gasteiger partial charge in [0, 0.05) is 12.4 Å². The molecule has 0 saturated carbocycles. The molecule has 54 valence electrons. The summed E-state index contributed by atoms with van der Waals surface area (Å²) in [5.41, 5.74) is 0. The fourth-order valence-electron chi connectivity index (χ4n) is 0.557. The summed E-state index contributed by atoms with van der Waals surface area (Å²) in [6.07, 6.45) is 4.97. The molecule has 0 aliphatic carbocycles. The first-order valence-corrected chi connectivity index (χ1v) is 3.03. The lowest BCUT2D eigenvalue weighted by molar-refractivity contribution is 0.307. The van der Waals surface area contributed by atoms with Crippen molar-refractivity contribution in [2.75, 3.05) is 13.2 Å². The van der Waals surface area contributed by atoms with Crippen LogP contribution in [0.4, 0.5) is 0 Å². The first-order chi connectivity index (χ1) is 4.93. The topological polar surface area (TPSA) is 61.3 Å². The van der Waals surface area contributed by atoms with Gasteiger partial charge in [-0.2, -0.15) is 0 Å². The molecule has 0 saturated heterocycles. The number of aliphatic hydroxyl groups is 1. The fourth-order valence-corrected chi connectivity index (χ4v) is 0.557. The van der Waals surface area contributed by atoms with E-state index in [1.165, 1.54) is 0 Å². The molecule has 0 aromatic carbocycles. The number of rotatable bonds is 3. The monoisotopic (exact) mass is 139 g/mol. The van der Waals surface area contributed by atoms with Gasteiger partial charge in [-0.05, 0) is 0 Å². The van der Waals surface area contributed by atoms with E-state index in [-0.39, 0.29) is 6.61 Å². The molecule has 0 bridgehead atoms. The molecule has 1 aromatic heterocycles. The Morgan fingerprint density at radius 3 is 3.30 bits per heavy atom. The van der Waals surface area contributed by atoms with E-state index < -0.39 is 0 Å². The number of hydrogen-bond acceptors (Lipinski definition) is 3. The maximum Gasteiger partial charge on any atom is 0.147 e. The third-order valence-electron chi connectivity index (χ3n) is 0.962. The van der Waals surface area contributed by atoms with Gasteiger partial charge >= 0.3 is 0 Å². The quantitative estimate of drug-likeness (QED) is 0.571. The Morgan fingerprint density at radius 2 is 2.70 bits per heavy atom. The molecule has 0 atom stereocenters. The molecule has 0 fully saturated rings. The minimum absolute atomic E-state index is 0.0806. The zero-order valence-corrected chi connectivity index (χ0v) is 5.49. The number of nitrogens with zero attached hydrogens (tertiary/aromatic N) is 2. The summed E-state index contributed by atoms with van der Waals surface area (Å²) in [5.74, 6) is 0.716. The predicted molar refractivity (Wildman–Crippen MR) is 38.1 cm³/mol. The molecule has 4 heteroatoms. The van der Waals surface area contributed by atoms with Crippen molar-refractivity contribution in [3.8, 4) is 0 Å². The highest BCUT2D eigenvalue weighted by atomic mass is 16.3. The zero-order valence-electron chi connectivity index (χ0n) is 5.49. The summed E-state index contributed by atoms with van der Waals surface area (Å²) < 4.78 is 0. The van der Waals surface area contributed by atoms with Crippen molar-refractivity contribution >= 4 is 6.21 Å². The maximum atomic E-state index is 8.35. The van der Waals surface area contributed by atoms with Crippen molar-refractivity contribution in [2.24, 2.45) is 4.99 Å². The maximum absolute atomic E-state index is 8.35. The summed E-state index contributed by atoms with van der Waals surface area (Å²) in [6, 6.07) is 0. The Bertz CT molecular complexity index is 193. The van der Waals surface area contributed by atoms with Gasteiger partial charge in [-0.3, -0.25) is 4.99 Å².